The van der Waals surface area contributed by atoms with E-state index < -0.39 is 35.6 Å². The molecule has 0 aromatic rings. The molecule has 0 bridgehead atoms. The van der Waals surface area contributed by atoms with Crippen molar-refractivity contribution in [3.8, 4) is 0 Å². The number of aliphatic hydroxyl groups excluding tert-OH is 4. The van der Waals surface area contributed by atoms with E-state index in [9.17, 15) is 30.6 Å². The second-order valence-corrected chi connectivity index (χ2v) is 4.23. The van der Waals surface area contributed by atoms with E-state index in [4.69, 9.17) is 0 Å². The zero-order valence-corrected chi connectivity index (χ0v) is 7.99. The van der Waals surface area contributed by atoms with E-state index in [1.807, 2.05) is 0 Å². The molecule has 0 aliphatic heterocycles. The zero-order valence-electron chi connectivity index (χ0n) is 7.99. The Morgan fingerprint density at radius 1 is 0.786 bits per heavy atom. The second-order valence-electron chi connectivity index (χ2n) is 4.23. The van der Waals surface area contributed by atoms with Crippen LogP contribution in [0.1, 0.15) is 13.8 Å². The summed E-state index contributed by atoms with van der Waals surface area (Å²) in [4.78, 5) is 0. The summed E-state index contributed by atoms with van der Waals surface area (Å²) < 4.78 is 0. The highest BCUT2D eigenvalue weighted by Crippen LogP contribution is 2.36. The summed E-state index contributed by atoms with van der Waals surface area (Å²) in [5.74, 6) is 0. The van der Waals surface area contributed by atoms with Gasteiger partial charge in [-0.15, -0.1) is 0 Å². The van der Waals surface area contributed by atoms with Crippen LogP contribution in [0.2, 0.25) is 0 Å². The Kier molecular flexibility index (Phi) is 2.64. The van der Waals surface area contributed by atoms with Gasteiger partial charge < -0.3 is 30.6 Å². The van der Waals surface area contributed by atoms with E-state index in [1.165, 1.54) is 0 Å². The molecule has 0 amide bonds. The fourth-order valence-electron chi connectivity index (χ4n) is 1.78. The van der Waals surface area contributed by atoms with Crippen LogP contribution in [0.3, 0.4) is 0 Å². The molecule has 1 saturated carbocycles. The van der Waals surface area contributed by atoms with Gasteiger partial charge in [0.2, 0.25) is 0 Å². The molecule has 6 N–H and O–H groups in total. The lowest BCUT2D eigenvalue weighted by Gasteiger charge is -2.51. The van der Waals surface area contributed by atoms with Gasteiger partial charge >= 0.3 is 0 Å². The van der Waals surface area contributed by atoms with Crippen molar-refractivity contribution in [2.24, 2.45) is 0 Å². The lowest BCUT2D eigenvalue weighted by molar-refractivity contribution is -0.294. The molecule has 1 aliphatic carbocycles. The van der Waals surface area contributed by atoms with Crippen LogP contribution in [-0.4, -0.2) is 66.3 Å². The molecule has 0 radical (unpaired) electrons. The summed E-state index contributed by atoms with van der Waals surface area (Å²) in [6.45, 7) is 2.15. The molecule has 4 atom stereocenters. The Morgan fingerprint density at radius 3 is 1.36 bits per heavy atom. The molecule has 0 aromatic carbocycles. The maximum absolute atomic E-state index is 9.60. The molecule has 1 rings (SSSR count). The third-order valence-electron chi connectivity index (χ3n) is 2.95. The highest BCUT2D eigenvalue weighted by molar-refractivity contribution is 5.11. The van der Waals surface area contributed by atoms with Gasteiger partial charge in [-0.25, -0.2) is 0 Å². The number of hydrogen-bond donors (Lipinski definition) is 6. The number of rotatable bonds is 0. The van der Waals surface area contributed by atoms with Gasteiger partial charge in [0.25, 0.3) is 0 Å². The van der Waals surface area contributed by atoms with E-state index in [2.05, 4.69) is 0 Å². The van der Waals surface area contributed by atoms with Crippen LogP contribution in [0.5, 0.6) is 0 Å². The van der Waals surface area contributed by atoms with Gasteiger partial charge in [-0.2, -0.15) is 0 Å². The molecular weight excluding hydrogens is 192 g/mol. The molecule has 1 aliphatic rings. The van der Waals surface area contributed by atoms with E-state index in [0.29, 0.717) is 0 Å². The smallest absolute Gasteiger partial charge is 0.119 e. The molecule has 0 aromatic heterocycles. The van der Waals surface area contributed by atoms with Gasteiger partial charge in [0.1, 0.15) is 35.6 Å². The van der Waals surface area contributed by atoms with Crippen LogP contribution in [0.25, 0.3) is 0 Å². The minimum Gasteiger partial charge on any atom is -0.387 e. The summed E-state index contributed by atoms with van der Waals surface area (Å²) in [5.41, 5.74) is -4.13. The highest BCUT2D eigenvalue weighted by atomic mass is 16.4. The molecule has 6 heteroatoms. The molecule has 0 heterocycles. The Labute approximate surface area is 81.1 Å². The van der Waals surface area contributed by atoms with Crippen molar-refractivity contribution in [2.45, 2.75) is 49.5 Å². The Hall–Kier alpha value is -0.240. The second kappa shape index (κ2) is 3.13. The summed E-state index contributed by atoms with van der Waals surface area (Å²) in [7, 11) is 0. The summed E-state index contributed by atoms with van der Waals surface area (Å²) in [6, 6.07) is 0. The van der Waals surface area contributed by atoms with Crippen molar-refractivity contribution in [1.29, 1.82) is 0 Å². The largest absolute Gasteiger partial charge is 0.387 e. The first-order chi connectivity index (χ1) is 6.13. The first-order valence-electron chi connectivity index (χ1n) is 4.30. The first kappa shape index (κ1) is 11.8. The Balaban J connectivity index is 3.09. The van der Waals surface area contributed by atoms with Gasteiger partial charge in [-0.05, 0) is 13.8 Å². The maximum Gasteiger partial charge on any atom is 0.119 e. The van der Waals surface area contributed by atoms with Crippen molar-refractivity contribution in [3.63, 3.8) is 0 Å². The molecule has 0 spiro atoms. The molecule has 0 saturated heterocycles. The Bertz CT molecular complexity index is 204. The average Bonchev–Trinajstić information content (AvgIpc) is 2.11. The Morgan fingerprint density at radius 2 is 1.07 bits per heavy atom. The first-order valence-corrected chi connectivity index (χ1v) is 4.30. The van der Waals surface area contributed by atoms with Crippen LogP contribution in [0.4, 0.5) is 0 Å². The van der Waals surface area contributed by atoms with Crippen LogP contribution >= 0.6 is 0 Å². The van der Waals surface area contributed by atoms with Gasteiger partial charge in [-0.3, -0.25) is 0 Å². The van der Waals surface area contributed by atoms with Crippen molar-refractivity contribution in [1.82, 2.24) is 0 Å². The topological polar surface area (TPSA) is 121 Å². The molecular formula is C8H16O6. The van der Waals surface area contributed by atoms with E-state index in [0.717, 1.165) is 13.8 Å². The van der Waals surface area contributed by atoms with Crippen LogP contribution in [-0.2, 0) is 0 Å². The van der Waals surface area contributed by atoms with Crippen molar-refractivity contribution in [2.75, 3.05) is 0 Å². The number of aliphatic hydroxyl groups is 6. The van der Waals surface area contributed by atoms with Crippen molar-refractivity contribution >= 4 is 0 Å². The molecule has 1 fully saturated rings. The lowest BCUT2D eigenvalue weighted by atomic mass is 9.69. The standard InChI is InChI=1S/C8H16O6/c1-7(13)4(10)3(9)5(11)8(2,14)6(7)12/h3-6,9-14H,1-2H3/t3?,4-,5-,6?,7+,8+/m1/s1. The molecule has 14 heavy (non-hydrogen) atoms. The summed E-state index contributed by atoms with van der Waals surface area (Å²) >= 11 is 0. The fraction of sp³-hybridized carbons (Fsp3) is 1.00. The predicted octanol–water partition coefficient (Wildman–Crippen LogP) is -3.05. The molecule has 0 unspecified atom stereocenters. The number of hydrogen-bond acceptors (Lipinski definition) is 6. The maximum atomic E-state index is 9.60. The van der Waals surface area contributed by atoms with Crippen LogP contribution < -0.4 is 0 Å². The lowest BCUT2D eigenvalue weighted by Crippen LogP contribution is -2.74. The minimum atomic E-state index is -2.07. The van der Waals surface area contributed by atoms with Gasteiger partial charge in [0.05, 0.1) is 0 Å². The van der Waals surface area contributed by atoms with Crippen molar-refractivity contribution in [3.05, 3.63) is 0 Å². The average molecular weight is 208 g/mol. The van der Waals surface area contributed by atoms with Gasteiger partial charge in [-0.1, -0.05) is 0 Å². The summed E-state index contributed by atoms with van der Waals surface area (Å²) in [5, 5.41) is 56.7. The third kappa shape index (κ3) is 1.35. The zero-order chi connectivity index (χ0) is 11.3. The predicted molar refractivity (Wildman–Crippen MR) is 45.3 cm³/mol. The van der Waals surface area contributed by atoms with Crippen molar-refractivity contribution < 1.29 is 30.6 Å². The van der Waals surface area contributed by atoms with Gasteiger partial charge in [0, 0.05) is 0 Å². The van der Waals surface area contributed by atoms with E-state index in [1.54, 1.807) is 0 Å². The SMILES string of the molecule is C[C@@]1(O)C(O)[C@@](C)(O)[C@H](O)C(O)[C@H]1O. The summed E-state index contributed by atoms with van der Waals surface area (Å²) in [6.07, 6.45) is -6.88. The molecule has 84 valence electrons. The van der Waals surface area contributed by atoms with E-state index >= 15 is 0 Å². The third-order valence-corrected chi connectivity index (χ3v) is 2.95. The normalized spacial score (nSPS) is 60.0. The molecule has 6 nitrogen and oxygen atoms in total. The van der Waals surface area contributed by atoms with E-state index in [-0.39, 0.29) is 0 Å². The monoisotopic (exact) mass is 208 g/mol. The van der Waals surface area contributed by atoms with Crippen LogP contribution in [0, 0.1) is 0 Å². The van der Waals surface area contributed by atoms with Crippen LogP contribution in [0.15, 0.2) is 0 Å². The fourth-order valence-corrected chi connectivity index (χ4v) is 1.78. The van der Waals surface area contributed by atoms with Gasteiger partial charge in [0.15, 0.2) is 0 Å². The quantitative estimate of drug-likeness (QED) is 0.251. The minimum absolute atomic E-state index is 1.08. The highest BCUT2D eigenvalue weighted by Gasteiger charge is 2.60.